The maximum Gasteiger partial charge on any atom is 0.252 e. The van der Waals surface area contributed by atoms with E-state index < -0.39 is 0 Å². The minimum atomic E-state index is 0.0507. The monoisotopic (exact) mass is 689 g/mol. The Balaban J connectivity index is 1.49. The number of nitriles is 1. The maximum absolute atomic E-state index is 9.64. The number of benzene rings is 6. The first-order chi connectivity index (χ1) is 25.5. The third kappa shape index (κ3) is 5.93. The summed E-state index contributed by atoms with van der Waals surface area (Å²) >= 11 is 0. The van der Waals surface area contributed by atoms with Gasteiger partial charge in [0.25, 0.3) is 6.71 Å². The fourth-order valence-electron chi connectivity index (χ4n) is 8.24. The molecule has 0 N–H and O–H groups in total. The van der Waals surface area contributed by atoms with Crippen molar-refractivity contribution in [2.75, 3.05) is 9.80 Å². The van der Waals surface area contributed by atoms with Gasteiger partial charge in [0.1, 0.15) is 0 Å². The molecule has 4 heteroatoms. The highest BCUT2D eigenvalue weighted by atomic mass is 15.2. The van der Waals surface area contributed by atoms with E-state index in [1.807, 2.05) is 12.1 Å². The molecule has 8 rings (SSSR count). The zero-order valence-corrected chi connectivity index (χ0v) is 32.3. The van der Waals surface area contributed by atoms with E-state index in [4.69, 9.17) is 0 Å². The van der Waals surface area contributed by atoms with Crippen LogP contribution in [0.2, 0.25) is 0 Å². The molecule has 3 nitrogen and oxygen atoms in total. The molecule has 0 spiro atoms. The van der Waals surface area contributed by atoms with Crippen LogP contribution in [0.3, 0.4) is 0 Å². The predicted octanol–water partition coefficient (Wildman–Crippen LogP) is 11.8. The number of nitrogens with zero attached hydrogens (tertiary/aromatic N) is 3. The molecule has 262 valence electrons. The molecule has 2 heterocycles. The summed E-state index contributed by atoms with van der Waals surface area (Å²) in [4.78, 5) is 5.01. The molecule has 0 aliphatic carbocycles. The topological polar surface area (TPSA) is 30.3 Å². The van der Waals surface area contributed by atoms with E-state index in [1.165, 1.54) is 61.4 Å². The molecule has 53 heavy (non-hydrogen) atoms. The van der Waals surface area contributed by atoms with Gasteiger partial charge in [0, 0.05) is 34.1 Å². The van der Waals surface area contributed by atoms with Crippen LogP contribution in [-0.4, -0.2) is 6.71 Å². The summed E-state index contributed by atoms with van der Waals surface area (Å²) in [6.45, 7) is 18.3. The Kier molecular flexibility index (Phi) is 8.78. The summed E-state index contributed by atoms with van der Waals surface area (Å²) in [5.41, 5.74) is 19.4. The van der Waals surface area contributed by atoms with Gasteiger partial charge in [0.05, 0.1) is 11.6 Å². The molecule has 0 amide bonds. The zero-order valence-electron chi connectivity index (χ0n) is 32.3. The zero-order chi connectivity index (χ0) is 37.1. The van der Waals surface area contributed by atoms with Crippen molar-refractivity contribution in [1.82, 2.24) is 0 Å². The third-order valence-electron chi connectivity index (χ3n) is 11.4. The van der Waals surface area contributed by atoms with E-state index in [-0.39, 0.29) is 6.71 Å². The predicted molar refractivity (Wildman–Crippen MR) is 227 cm³/mol. The molecule has 6 aromatic carbocycles. The van der Waals surface area contributed by atoms with Gasteiger partial charge in [-0.05, 0) is 134 Å². The molecule has 0 atom stereocenters. The Morgan fingerprint density at radius 1 is 0.434 bits per heavy atom. The van der Waals surface area contributed by atoms with Crippen LogP contribution in [-0.2, 0) is 0 Å². The van der Waals surface area contributed by atoms with Crippen LogP contribution in [0.15, 0.2) is 121 Å². The second kappa shape index (κ2) is 13.5. The summed E-state index contributed by atoms with van der Waals surface area (Å²) < 4.78 is 0. The largest absolute Gasteiger partial charge is 0.311 e. The summed E-state index contributed by atoms with van der Waals surface area (Å²) in [5, 5.41) is 9.64. The quantitative estimate of drug-likeness (QED) is 0.156. The van der Waals surface area contributed by atoms with Gasteiger partial charge < -0.3 is 9.80 Å². The lowest BCUT2D eigenvalue weighted by Gasteiger charge is -2.45. The van der Waals surface area contributed by atoms with Crippen LogP contribution in [0.25, 0.3) is 11.1 Å². The number of fused-ring (bicyclic) bond motifs is 4. The van der Waals surface area contributed by atoms with E-state index >= 15 is 0 Å². The Morgan fingerprint density at radius 2 is 0.830 bits per heavy atom. The van der Waals surface area contributed by atoms with Gasteiger partial charge in [0.2, 0.25) is 0 Å². The lowest BCUT2D eigenvalue weighted by atomic mass is 9.33. The van der Waals surface area contributed by atoms with E-state index in [2.05, 4.69) is 180 Å². The van der Waals surface area contributed by atoms with Crippen LogP contribution in [0, 0.1) is 11.3 Å². The number of rotatable bonds is 7. The van der Waals surface area contributed by atoms with Crippen molar-refractivity contribution < 1.29 is 0 Å². The summed E-state index contributed by atoms with van der Waals surface area (Å²) in [5.74, 6) is 1.70. The second-order valence-corrected chi connectivity index (χ2v) is 16.2. The lowest BCUT2D eigenvalue weighted by Crippen LogP contribution is -2.61. The van der Waals surface area contributed by atoms with Crippen molar-refractivity contribution in [1.29, 1.82) is 5.26 Å². The van der Waals surface area contributed by atoms with Crippen molar-refractivity contribution >= 4 is 57.2 Å². The highest BCUT2D eigenvalue weighted by molar-refractivity contribution is 7.00. The molecular formula is C49H48BN3. The molecule has 0 fully saturated rings. The molecule has 6 aromatic rings. The molecular weight excluding hydrogens is 641 g/mol. The third-order valence-corrected chi connectivity index (χ3v) is 11.4. The normalized spacial score (nSPS) is 13.1. The van der Waals surface area contributed by atoms with Crippen molar-refractivity contribution in [3.8, 4) is 17.2 Å². The molecule has 0 unspecified atom stereocenters. The van der Waals surface area contributed by atoms with E-state index in [0.717, 1.165) is 22.5 Å². The first kappa shape index (κ1) is 34.6. The van der Waals surface area contributed by atoms with Gasteiger partial charge in [-0.15, -0.1) is 0 Å². The van der Waals surface area contributed by atoms with Crippen LogP contribution in [0.5, 0.6) is 0 Å². The molecule has 2 aliphatic heterocycles. The highest BCUT2D eigenvalue weighted by Crippen LogP contribution is 2.46. The SMILES string of the molecule is CC(C)c1ccc(N2c3ccc(C(C)C)cc3B3c4cc(C(C)C)ccc4N(c4ccc(C(C)C)cc4)c4cc(-c5ccc(C#N)cc5)cc2c43)cc1. The Bertz CT molecular complexity index is 2220. The lowest BCUT2D eigenvalue weighted by molar-refractivity contribution is 0.866. The standard InChI is InChI=1S/C49H48BN3/c1-30(2)35-13-19-41(20-14-35)52-45-23-17-38(32(5)6)25-43(45)50-44-26-39(33(7)8)18-24-46(44)53(42-21-15-36(16-22-42)31(3)4)48-28-40(27-47(52)49(48)50)37-11-9-34(29-51)10-12-37/h9-28,30-33H,1-8H3. The van der Waals surface area contributed by atoms with Gasteiger partial charge in [-0.2, -0.15) is 5.26 Å². The first-order valence-corrected chi connectivity index (χ1v) is 19.3. The Morgan fingerprint density at radius 3 is 1.21 bits per heavy atom. The van der Waals surface area contributed by atoms with Crippen LogP contribution < -0.4 is 26.2 Å². The number of hydrogen-bond donors (Lipinski definition) is 0. The van der Waals surface area contributed by atoms with Gasteiger partial charge >= 0.3 is 0 Å². The van der Waals surface area contributed by atoms with Gasteiger partial charge in [-0.3, -0.25) is 0 Å². The van der Waals surface area contributed by atoms with Gasteiger partial charge in [-0.25, -0.2) is 0 Å². The van der Waals surface area contributed by atoms with Gasteiger partial charge in [-0.1, -0.05) is 116 Å². The van der Waals surface area contributed by atoms with Crippen LogP contribution >= 0.6 is 0 Å². The van der Waals surface area contributed by atoms with E-state index in [9.17, 15) is 5.26 Å². The summed E-state index contributed by atoms with van der Waals surface area (Å²) in [7, 11) is 0. The minimum absolute atomic E-state index is 0.0507. The smallest absolute Gasteiger partial charge is 0.252 e. The first-order valence-electron chi connectivity index (χ1n) is 19.3. The fraction of sp³-hybridized carbons (Fsp3) is 0.245. The summed E-state index contributed by atoms with van der Waals surface area (Å²) in [6, 6.07) is 47.8. The van der Waals surface area contributed by atoms with Crippen molar-refractivity contribution in [3.05, 3.63) is 149 Å². The number of hydrogen-bond acceptors (Lipinski definition) is 3. The average molecular weight is 690 g/mol. The van der Waals surface area contributed by atoms with Crippen molar-refractivity contribution in [2.24, 2.45) is 0 Å². The highest BCUT2D eigenvalue weighted by Gasteiger charge is 2.44. The molecule has 0 saturated heterocycles. The molecule has 0 saturated carbocycles. The van der Waals surface area contributed by atoms with Crippen LogP contribution in [0.4, 0.5) is 34.1 Å². The van der Waals surface area contributed by atoms with Gasteiger partial charge in [0.15, 0.2) is 0 Å². The Hall–Kier alpha value is -5.53. The molecule has 0 radical (unpaired) electrons. The fourth-order valence-corrected chi connectivity index (χ4v) is 8.24. The van der Waals surface area contributed by atoms with Crippen LogP contribution in [0.1, 0.15) is 107 Å². The number of anilines is 6. The molecule has 2 aliphatic rings. The van der Waals surface area contributed by atoms with E-state index in [0.29, 0.717) is 29.2 Å². The maximum atomic E-state index is 9.64. The average Bonchev–Trinajstić information content (AvgIpc) is 3.17. The van der Waals surface area contributed by atoms with E-state index in [1.54, 1.807) is 0 Å². The van der Waals surface area contributed by atoms with Crippen molar-refractivity contribution in [2.45, 2.75) is 79.1 Å². The minimum Gasteiger partial charge on any atom is -0.311 e. The Labute approximate surface area is 316 Å². The second-order valence-electron chi connectivity index (χ2n) is 16.2. The molecule has 0 aromatic heterocycles. The van der Waals surface area contributed by atoms with Crippen molar-refractivity contribution in [3.63, 3.8) is 0 Å². The summed E-state index contributed by atoms with van der Waals surface area (Å²) in [6.07, 6.45) is 0. The molecule has 0 bridgehead atoms.